The highest BCUT2D eigenvalue weighted by Crippen LogP contribution is 2.40. The maximum absolute atomic E-state index is 12.4. The van der Waals surface area contributed by atoms with Crippen molar-refractivity contribution < 1.29 is 8.42 Å². The predicted molar refractivity (Wildman–Crippen MR) is 129 cm³/mol. The van der Waals surface area contributed by atoms with Gasteiger partial charge in [0.05, 0.1) is 30.0 Å². The van der Waals surface area contributed by atoms with Crippen LogP contribution in [0.4, 0.5) is 0 Å². The summed E-state index contributed by atoms with van der Waals surface area (Å²) in [7, 11) is -4.58. The molecule has 0 spiro atoms. The van der Waals surface area contributed by atoms with Gasteiger partial charge in [-0.3, -0.25) is 8.42 Å². The first-order chi connectivity index (χ1) is 14.0. The van der Waals surface area contributed by atoms with Crippen molar-refractivity contribution in [1.82, 2.24) is 0 Å². The van der Waals surface area contributed by atoms with E-state index in [4.69, 9.17) is 0 Å². The molecule has 0 bridgehead atoms. The van der Waals surface area contributed by atoms with Crippen LogP contribution in [-0.4, -0.2) is 29.0 Å². The van der Waals surface area contributed by atoms with E-state index in [1.54, 1.807) is 35.2 Å². The molecular weight excluding hydrogens is 453 g/mol. The van der Waals surface area contributed by atoms with Crippen LogP contribution in [0.1, 0.15) is 0 Å². The molecule has 2 unspecified atom stereocenters. The van der Waals surface area contributed by atoms with Crippen LogP contribution in [0.5, 0.6) is 0 Å². The average molecular weight is 471 g/mol. The van der Waals surface area contributed by atoms with E-state index in [2.05, 4.69) is 60.7 Å². The minimum Gasteiger partial charge on any atom is -0.254 e. The lowest BCUT2D eigenvalue weighted by molar-refractivity contribution is 0.687. The van der Waals surface area contributed by atoms with Crippen LogP contribution in [0.15, 0.2) is 81.2 Å². The lowest BCUT2D eigenvalue weighted by Gasteiger charge is -2.29. The number of thiophene rings is 2. The number of hydrogen-bond donors (Lipinski definition) is 0. The molecule has 4 aromatic rings. The van der Waals surface area contributed by atoms with Gasteiger partial charge in [0.25, 0.3) is 0 Å². The van der Waals surface area contributed by atoms with Crippen LogP contribution in [0.3, 0.4) is 0 Å². The highest BCUT2D eigenvalue weighted by molar-refractivity contribution is 7.87. The van der Waals surface area contributed by atoms with Gasteiger partial charge in [0.1, 0.15) is 0 Å². The average Bonchev–Trinajstić information content (AvgIpc) is 3.40. The first kappa shape index (κ1) is 19.3. The van der Waals surface area contributed by atoms with Crippen LogP contribution < -0.4 is 20.7 Å². The van der Waals surface area contributed by atoms with Gasteiger partial charge in [0.15, 0.2) is 8.07 Å². The van der Waals surface area contributed by atoms with Crippen LogP contribution >= 0.6 is 22.7 Å². The fourth-order valence-corrected chi connectivity index (χ4v) is 14.7. The van der Waals surface area contributed by atoms with E-state index >= 15 is 0 Å². The van der Waals surface area contributed by atoms with Crippen LogP contribution in [0.25, 0.3) is 9.75 Å². The Morgan fingerprint density at radius 1 is 0.655 bits per heavy atom. The van der Waals surface area contributed by atoms with Gasteiger partial charge in [-0.1, -0.05) is 60.7 Å². The Hall–Kier alpha value is -1.64. The number of benzene rings is 2. The summed E-state index contributed by atoms with van der Waals surface area (Å²) in [5.74, 6) is 0. The van der Waals surface area contributed by atoms with E-state index < -0.39 is 29.7 Å². The molecular formula is C22H18O2S4Si. The van der Waals surface area contributed by atoms with Crippen molar-refractivity contribution >= 4 is 73.1 Å². The van der Waals surface area contributed by atoms with E-state index in [0.29, 0.717) is 0 Å². The van der Waals surface area contributed by atoms with Gasteiger partial charge in [-0.2, -0.15) is 0 Å². The number of fused-ring (bicyclic) bond motifs is 3. The van der Waals surface area contributed by atoms with Crippen molar-refractivity contribution in [3.63, 3.8) is 0 Å². The van der Waals surface area contributed by atoms with E-state index in [0.717, 1.165) is 8.42 Å². The summed E-state index contributed by atoms with van der Waals surface area (Å²) in [5, 5.41) is 5.26. The highest BCUT2D eigenvalue weighted by Gasteiger charge is 2.51. The summed E-state index contributed by atoms with van der Waals surface area (Å²) in [6, 6.07) is 25.7. The molecule has 7 heteroatoms. The Bertz CT molecular complexity index is 1160. The molecule has 0 saturated heterocycles. The van der Waals surface area contributed by atoms with Crippen LogP contribution in [0, 0.1) is 0 Å². The molecule has 5 rings (SSSR count). The third kappa shape index (κ3) is 2.83. The summed E-state index contributed by atoms with van der Waals surface area (Å²) in [6.07, 6.45) is 3.49. The Balaban J connectivity index is 1.95. The Morgan fingerprint density at radius 2 is 1.03 bits per heavy atom. The molecule has 0 aliphatic carbocycles. The summed E-state index contributed by atoms with van der Waals surface area (Å²) >= 11 is 3.27. The molecule has 3 heterocycles. The Morgan fingerprint density at radius 3 is 1.38 bits per heavy atom. The van der Waals surface area contributed by atoms with E-state index in [1.165, 1.54) is 30.5 Å². The smallest absolute Gasteiger partial charge is 0.182 e. The molecule has 2 aromatic carbocycles. The second kappa shape index (κ2) is 7.25. The lowest BCUT2D eigenvalue weighted by Crippen LogP contribution is -2.72. The molecule has 0 saturated carbocycles. The fraction of sp³-hybridized carbons (Fsp3) is 0.0909. The largest absolute Gasteiger partial charge is 0.254 e. The third-order valence-electron chi connectivity index (χ3n) is 5.41. The molecule has 2 atom stereocenters. The highest BCUT2D eigenvalue weighted by atomic mass is 32.2. The molecule has 0 radical (unpaired) electrons. The van der Waals surface area contributed by atoms with Gasteiger partial charge >= 0.3 is 0 Å². The molecule has 0 N–H and O–H groups in total. The van der Waals surface area contributed by atoms with Gasteiger partial charge < -0.3 is 0 Å². The predicted octanol–water partition coefficient (Wildman–Crippen LogP) is 2.64. The zero-order chi connectivity index (χ0) is 20.2. The third-order valence-corrected chi connectivity index (χ3v) is 15.9. The zero-order valence-corrected chi connectivity index (χ0v) is 20.1. The second-order valence-electron chi connectivity index (χ2n) is 7.01. The standard InChI is InChI=1S/C22H18O2S4Si/c1-27(23)19-13-17-21(25-19)22-18(14-20(26-22)28(2)24)29(17,15-9-5-3-6-10-15)16-11-7-4-8-12-16/h3-14H,1-2H3. The molecule has 1 aliphatic heterocycles. The molecule has 146 valence electrons. The summed E-state index contributed by atoms with van der Waals surface area (Å²) in [4.78, 5) is 2.43. The van der Waals surface area contributed by atoms with Crippen molar-refractivity contribution in [2.45, 2.75) is 8.42 Å². The van der Waals surface area contributed by atoms with Gasteiger partial charge in [-0.05, 0) is 32.9 Å². The molecule has 0 amide bonds. The minimum atomic E-state index is -2.52. The van der Waals surface area contributed by atoms with E-state index in [-0.39, 0.29) is 0 Å². The van der Waals surface area contributed by atoms with Crippen molar-refractivity contribution in [3.8, 4) is 9.75 Å². The van der Waals surface area contributed by atoms with Crippen molar-refractivity contribution in [3.05, 3.63) is 72.8 Å². The molecule has 2 nitrogen and oxygen atoms in total. The van der Waals surface area contributed by atoms with Crippen LogP contribution in [0.2, 0.25) is 0 Å². The first-order valence-electron chi connectivity index (χ1n) is 9.10. The van der Waals surface area contributed by atoms with Gasteiger partial charge in [-0.15, -0.1) is 22.7 Å². The quantitative estimate of drug-likeness (QED) is 0.379. The fourth-order valence-electron chi connectivity index (χ4n) is 4.22. The zero-order valence-electron chi connectivity index (χ0n) is 15.9. The molecule has 1 aliphatic rings. The maximum Gasteiger partial charge on any atom is 0.182 e. The van der Waals surface area contributed by atoms with Crippen LogP contribution in [-0.2, 0) is 21.6 Å². The molecule has 29 heavy (non-hydrogen) atoms. The van der Waals surface area contributed by atoms with E-state index in [1.807, 2.05) is 12.1 Å². The molecule has 2 aromatic heterocycles. The van der Waals surface area contributed by atoms with Gasteiger partial charge in [0.2, 0.25) is 0 Å². The SMILES string of the molecule is CS(=O)c1cc2c(s1)-c1sc(S(C)=O)cc1[Si]2(c1ccccc1)c1ccccc1. The number of hydrogen-bond acceptors (Lipinski definition) is 4. The minimum absolute atomic E-state index is 0.914. The first-order valence-corrected chi connectivity index (χ1v) is 15.8. The lowest BCUT2D eigenvalue weighted by atomic mass is 10.4. The number of rotatable bonds is 4. The van der Waals surface area contributed by atoms with Crippen molar-refractivity contribution in [2.75, 3.05) is 12.5 Å². The summed E-state index contributed by atoms with van der Waals surface area (Å²) in [5.41, 5.74) is 0. The van der Waals surface area contributed by atoms with Crippen molar-refractivity contribution in [1.29, 1.82) is 0 Å². The molecule has 0 fully saturated rings. The summed E-state index contributed by atoms with van der Waals surface area (Å²) in [6.45, 7) is 0. The second-order valence-corrected chi connectivity index (χ2v) is 16.1. The maximum atomic E-state index is 12.4. The van der Waals surface area contributed by atoms with E-state index in [9.17, 15) is 8.42 Å². The van der Waals surface area contributed by atoms with Gasteiger partial charge in [-0.25, -0.2) is 0 Å². The summed E-state index contributed by atoms with van der Waals surface area (Å²) < 4.78 is 26.5. The Kier molecular flexibility index (Phi) is 4.83. The topological polar surface area (TPSA) is 34.1 Å². The van der Waals surface area contributed by atoms with Crippen molar-refractivity contribution in [2.24, 2.45) is 0 Å². The Labute approximate surface area is 184 Å². The monoisotopic (exact) mass is 470 g/mol. The van der Waals surface area contributed by atoms with Gasteiger partial charge in [0, 0.05) is 22.3 Å². The normalized spacial score (nSPS) is 16.2.